The molecule has 2 unspecified atom stereocenters. The summed E-state index contributed by atoms with van der Waals surface area (Å²) in [7, 11) is 0. The summed E-state index contributed by atoms with van der Waals surface area (Å²) in [5.41, 5.74) is 4.81. The summed E-state index contributed by atoms with van der Waals surface area (Å²) in [6, 6.07) is 14.8. The maximum absolute atomic E-state index is 10.6. The number of aliphatic hydroxyl groups excluding tert-OH is 1. The lowest BCUT2D eigenvalue weighted by molar-refractivity contribution is -0.0213. The number of hydrogen-bond acceptors (Lipinski definition) is 4. The Kier molecular flexibility index (Phi) is 8.15. The summed E-state index contributed by atoms with van der Waals surface area (Å²) in [4.78, 5) is 0. The first-order chi connectivity index (χ1) is 14.8. The Hall–Kier alpha value is -1.88. The molecule has 0 bridgehead atoms. The van der Waals surface area contributed by atoms with Crippen LogP contribution in [0.15, 0.2) is 42.5 Å². The average Bonchev–Trinajstić information content (AvgIpc) is 3.55. The predicted octanol–water partition coefficient (Wildman–Crippen LogP) is 5.14. The van der Waals surface area contributed by atoms with Gasteiger partial charge in [-0.15, -0.1) is 0 Å². The van der Waals surface area contributed by atoms with Crippen LogP contribution in [0, 0.1) is 19.8 Å². The highest BCUT2D eigenvalue weighted by Crippen LogP contribution is 2.44. The number of nitrogens with one attached hydrogen (secondary N) is 1. The molecule has 2 N–H and O–H groups in total. The first kappa shape index (κ1) is 23.8. The highest BCUT2D eigenvalue weighted by Gasteiger charge is 2.34. The Morgan fingerprint density at radius 1 is 1.10 bits per heavy atom. The Morgan fingerprint density at radius 2 is 1.84 bits per heavy atom. The minimum absolute atomic E-state index is 0.0932. The predicted molar refractivity (Wildman–Crippen MR) is 127 cm³/mol. The normalized spacial score (nSPS) is 16.2. The van der Waals surface area contributed by atoms with Gasteiger partial charge in [-0.2, -0.15) is 0 Å². The van der Waals surface area contributed by atoms with Crippen LogP contribution in [0.5, 0.6) is 5.75 Å². The fourth-order valence-corrected chi connectivity index (χ4v) is 4.16. The van der Waals surface area contributed by atoms with E-state index in [0.29, 0.717) is 25.7 Å². The molecule has 1 saturated carbocycles. The van der Waals surface area contributed by atoms with Gasteiger partial charge in [0, 0.05) is 12.1 Å². The van der Waals surface area contributed by atoms with Gasteiger partial charge in [0.15, 0.2) is 0 Å². The number of β-amino-alcohol motifs (C(OH)–C–C–N with tert-alkyl or cyclic N) is 1. The molecule has 4 nitrogen and oxygen atoms in total. The summed E-state index contributed by atoms with van der Waals surface area (Å²) in [5, 5.41) is 14.1. The van der Waals surface area contributed by atoms with Gasteiger partial charge >= 0.3 is 0 Å². The largest absolute Gasteiger partial charge is 0.494 e. The number of rotatable bonds is 12. The maximum atomic E-state index is 10.6. The van der Waals surface area contributed by atoms with Crippen molar-refractivity contribution in [2.24, 2.45) is 5.92 Å². The van der Waals surface area contributed by atoms with E-state index in [0.717, 1.165) is 17.7 Å². The summed E-state index contributed by atoms with van der Waals surface area (Å²) >= 11 is 0. The van der Waals surface area contributed by atoms with Crippen molar-refractivity contribution >= 4 is 0 Å². The smallest absolute Gasteiger partial charge is 0.122 e. The summed E-state index contributed by atoms with van der Waals surface area (Å²) in [6.07, 6.45) is 2.85. The number of aliphatic hydroxyl groups is 1. The molecule has 31 heavy (non-hydrogen) atoms. The third-order valence-electron chi connectivity index (χ3n) is 6.01. The molecule has 0 saturated heterocycles. The highest BCUT2D eigenvalue weighted by molar-refractivity contribution is 5.37. The SMILES string of the molecule is CCOc1ccc(CC(C)(C)NCC(O)COC(c2ccccc2C)C2CC2)cc1C. The van der Waals surface area contributed by atoms with Crippen molar-refractivity contribution in [1.82, 2.24) is 5.32 Å². The Labute approximate surface area is 188 Å². The molecule has 0 amide bonds. The minimum Gasteiger partial charge on any atom is -0.494 e. The van der Waals surface area contributed by atoms with E-state index in [2.05, 4.69) is 75.5 Å². The van der Waals surface area contributed by atoms with Crippen molar-refractivity contribution in [3.05, 3.63) is 64.7 Å². The van der Waals surface area contributed by atoms with E-state index >= 15 is 0 Å². The van der Waals surface area contributed by atoms with Crippen molar-refractivity contribution in [3.8, 4) is 5.75 Å². The third-order valence-corrected chi connectivity index (χ3v) is 6.01. The van der Waals surface area contributed by atoms with E-state index in [1.807, 2.05) is 6.92 Å². The van der Waals surface area contributed by atoms with Gasteiger partial charge in [0.1, 0.15) is 5.75 Å². The van der Waals surface area contributed by atoms with Crippen molar-refractivity contribution < 1.29 is 14.6 Å². The van der Waals surface area contributed by atoms with Crippen LogP contribution in [-0.2, 0) is 11.2 Å². The average molecular weight is 426 g/mol. The van der Waals surface area contributed by atoms with Gasteiger partial charge in [-0.3, -0.25) is 0 Å². The van der Waals surface area contributed by atoms with Crippen LogP contribution >= 0.6 is 0 Å². The third kappa shape index (κ3) is 7.06. The monoisotopic (exact) mass is 425 g/mol. The van der Waals surface area contributed by atoms with Crippen LogP contribution in [-0.4, -0.2) is 36.5 Å². The standard InChI is InChI=1S/C27H39NO3/c1-6-30-25-14-11-21(15-20(25)3)16-27(4,5)28-17-23(29)18-31-26(22-12-13-22)24-10-8-7-9-19(24)2/h7-11,14-15,22-23,26,28-29H,6,12-13,16-18H2,1-5H3. The number of benzene rings is 2. The first-order valence-corrected chi connectivity index (χ1v) is 11.6. The molecule has 0 radical (unpaired) electrons. The summed E-state index contributed by atoms with van der Waals surface area (Å²) < 4.78 is 11.9. The molecule has 0 spiro atoms. The molecule has 0 aliphatic heterocycles. The molecule has 1 aliphatic carbocycles. The van der Waals surface area contributed by atoms with Crippen LogP contribution in [0.1, 0.15) is 62.0 Å². The number of aryl methyl sites for hydroxylation is 2. The van der Waals surface area contributed by atoms with Crippen LogP contribution < -0.4 is 10.1 Å². The van der Waals surface area contributed by atoms with Crippen molar-refractivity contribution in [1.29, 1.82) is 0 Å². The van der Waals surface area contributed by atoms with Gasteiger partial charge in [-0.05, 0) is 88.1 Å². The van der Waals surface area contributed by atoms with Gasteiger partial charge in [0.2, 0.25) is 0 Å². The molecule has 3 rings (SSSR count). The quantitative estimate of drug-likeness (QED) is 0.494. The zero-order valence-corrected chi connectivity index (χ0v) is 19.8. The molecule has 170 valence electrons. The van der Waals surface area contributed by atoms with E-state index in [1.54, 1.807) is 0 Å². The van der Waals surface area contributed by atoms with Crippen molar-refractivity contribution in [2.45, 2.75) is 71.6 Å². The second-order valence-corrected chi connectivity index (χ2v) is 9.58. The van der Waals surface area contributed by atoms with Crippen LogP contribution in [0.4, 0.5) is 0 Å². The lowest BCUT2D eigenvalue weighted by Gasteiger charge is -2.29. The summed E-state index contributed by atoms with van der Waals surface area (Å²) in [6.45, 7) is 12.1. The molecule has 1 aliphatic rings. The molecular formula is C27H39NO3. The second kappa shape index (κ2) is 10.6. The molecule has 2 aromatic rings. The van der Waals surface area contributed by atoms with Gasteiger partial charge in [0.05, 0.1) is 25.4 Å². The van der Waals surface area contributed by atoms with Gasteiger partial charge in [0.25, 0.3) is 0 Å². The first-order valence-electron chi connectivity index (χ1n) is 11.6. The van der Waals surface area contributed by atoms with E-state index in [4.69, 9.17) is 9.47 Å². The lowest BCUT2D eigenvalue weighted by Crippen LogP contribution is -2.46. The molecule has 0 heterocycles. The van der Waals surface area contributed by atoms with E-state index in [-0.39, 0.29) is 11.6 Å². The maximum Gasteiger partial charge on any atom is 0.122 e. The topological polar surface area (TPSA) is 50.7 Å². The molecular weight excluding hydrogens is 386 g/mol. The van der Waals surface area contributed by atoms with E-state index in [1.165, 1.54) is 29.5 Å². The molecule has 2 atom stereocenters. The van der Waals surface area contributed by atoms with Gasteiger partial charge in [-0.25, -0.2) is 0 Å². The van der Waals surface area contributed by atoms with Crippen molar-refractivity contribution in [3.63, 3.8) is 0 Å². The molecule has 4 heteroatoms. The van der Waals surface area contributed by atoms with Gasteiger partial charge < -0.3 is 19.9 Å². The van der Waals surface area contributed by atoms with Crippen molar-refractivity contribution in [2.75, 3.05) is 19.8 Å². The number of hydrogen-bond donors (Lipinski definition) is 2. The summed E-state index contributed by atoms with van der Waals surface area (Å²) in [5.74, 6) is 1.53. The van der Waals surface area contributed by atoms with Gasteiger partial charge in [-0.1, -0.05) is 36.4 Å². The zero-order chi connectivity index (χ0) is 22.4. The zero-order valence-electron chi connectivity index (χ0n) is 19.8. The fraction of sp³-hybridized carbons (Fsp3) is 0.556. The minimum atomic E-state index is -0.536. The Balaban J connectivity index is 1.49. The Morgan fingerprint density at radius 3 is 2.48 bits per heavy atom. The lowest BCUT2D eigenvalue weighted by atomic mass is 9.93. The van der Waals surface area contributed by atoms with Crippen LogP contribution in [0.25, 0.3) is 0 Å². The Bertz CT molecular complexity index is 844. The molecule has 2 aromatic carbocycles. The highest BCUT2D eigenvalue weighted by atomic mass is 16.5. The van der Waals surface area contributed by atoms with Crippen LogP contribution in [0.2, 0.25) is 0 Å². The number of ether oxygens (including phenoxy) is 2. The second-order valence-electron chi connectivity index (χ2n) is 9.58. The van der Waals surface area contributed by atoms with E-state index < -0.39 is 6.10 Å². The molecule has 0 aromatic heterocycles. The van der Waals surface area contributed by atoms with Crippen LogP contribution in [0.3, 0.4) is 0 Å². The molecule has 1 fully saturated rings. The fourth-order valence-electron chi connectivity index (χ4n) is 4.16. The van der Waals surface area contributed by atoms with E-state index in [9.17, 15) is 5.11 Å².